The molecule has 206 valence electrons. The standard InChI is InChI=1S/C29H35N5O4S/c1-21-14-18-34(29(21,2)3)27-24(11-8-16-30-27)28(35)32-39(36,37)26-13-7-12-25(31-26)38-23-15-17-33(20-23)19-22-9-5-4-6-10-22/h4-13,16,21,23H,14-15,17-20H2,1-3H3,(H,32,35)/t21?,23-/m0/s1. The fraction of sp³-hybridized carbons (Fsp3) is 0.414. The monoisotopic (exact) mass is 549 g/mol. The maximum atomic E-state index is 13.2. The van der Waals surface area contributed by atoms with Gasteiger partial charge in [0.05, 0.1) is 5.56 Å². The Kier molecular flexibility index (Phi) is 7.59. The predicted octanol–water partition coefficient (Wildman–Crippen LogP) is 3.87. The molecule has 0 bridgehead atoms. The first-order valence-corrected chi connectivity index (χ1v) is 14.8. The first-order valence-electron chi connectivity index (χ1n) is 13.3. The minimum atomic E-state index is -4.24. The molecule has 5 rings (SSSR count). The highest BCUT2D eigenvalue weighted by Crippen LogP contribution is 2.38. The molecule has 1 unspecified atom stereocenters. The smallest absolute Gasteiger partial charge is 0.281 e. The van der Waals surface area contributed by atoms with E-state index in [1.807, 2.05) is 18.2 Å². The Morgan fingerprint density at radius 2 is 1.85 bits per heavy atom. The first kappa shape index (κ1) is 27.1. The molecule has 2 aromatic heterocycles. The summed E-state index contributed by atoms with van der Waals surface area (Å²) in [4.78, 5) is 26.3. The van der Waals surface area contributed by atoms with E-state index in [1.54, 1.807) is 30.5 Å². The SMILES string of the molecule is CC1CCN(c2ncccc2C(=O)NS(=O)(=O)c2cccc(O[C@H]3CCN(Cc4ccccc4)C3)n2)C1(C)C. The largest absolute Gasteiger partial charge is 0.473 e. The molecule has 0 radical (unpaired) electrons. The molecule has 3 aromatic rings. The molecule has 2 aliphatic heterocycles. The summed E-state index contributed by atoms with van der Waals surface area (Å²) in [5, 5.41) is -0.270. The number of likely N-dealkylation sites (tertiary alicyclic amines) is 1. The van der Waals surface area contributed by atoms with Gasteiger partial charge in [-0.15, -0.1) is 0 Å². The van der Waals surface area contributed by atoms with Crippen LogP contribution in [0.4, 0.5) is 5.82 Å². The van der Waals surface area contributed by atoms with Gasteiger partial charge in [0.25, 0.3) is 15.9 Å². The van der Waals surface area contributed by atoms with Gasteiger partial charge in [-0.2, -0.15) is 13.4 Å². The van der Waals surface area contributed by atoms with Crippen LogP contribution in [0.15, 0.2) is 71.9 Å². The lowest BCUT2D eigenvalue weighted by Gasteiger charge is -2.36. The number of sulfonamides is 1. The van der Waals surface area contributed by atoms with Crippen LogP contribution >= 0.6 is 0 Å². The number of amides is 1. The van der Waals surface area contributed by atoms with Crippen molar-refractivity contribution in [3.63, 3.8) is 0 Å². The topological polar surface area (TPSA) is 105 Å². The molecule has 1 amide bonds. The van der Waals surface area contributed by atoms with Crippen molar-refractivity contribution in [3.05, 3.63) is 78.0 Å². The maximum absolute atomic E-state index is 13.2. The van der Waals surface area contributed by atoms with E-state index in [1.165, 1.54) is 11.6 Å². The number of carbonyl (C=O) groups excluding carboxylic acids is 1. The van der Waals surface area contributed by atoms with Crippen LogP contribution < -0.4 is 14.4 Å². The maximum Gasteiger partial charge on any atom is 0.281 e. The number of aromatic nitrogens is 2. The Bertz CT molecular complexity index is 1430. The lowest BCUT2D eigenvalue weighted by Crippen LogP contribution is -2.43. The van der Waals surface area contributed by atoms with E-state index >= 15 is 0 Å². The van der Waals surface area contributed by atoms with Gasteiger partial charge in [-0.25, -0.2) is 9.71 Å². The number of nitrogens with one attached hydrogen (secondary N) is 1. The average Bonchev–Trinajstić information content (AvgIpc) is 3.46. The summed E-state index contributed by atoms with van der Waals surface area (Å²) in [6.07, 6.45) is 3.30. The van der Waals surface area contributed by atoms with E-state index in [-0.39, 0.29) is 28.1 Å². The molecule has 9 nitrogen and oxygen atoms in total. The molecule has 2 aliphatic rings. The number of rotatable bonds is 8. The van der Waals surface area contributed by atoms with Gasteiger partial charge in [-0.05, 0) is 56.4 Å². The van der Waals surface area contributed by atoms with Gasteiger partial charge in [0.1, 0.15) is 11.9 Å². The zero-order valence-electron chi connectivity index (χ0n) is 22.6. The normalized spacial score (nSPS) is 21.2. The average molecular weight is 550 g/mol. The molecule has 2 fully saturated rings. The number of hydrogen-bond donors (Lipinski definition) is 1. The quantitative estimate of drug-likeness (QED) is 0.452. The lowest BCUT2D eigenvalue weighted by atomic mass is 9.90. The number of pyridine rings is 2. The van der Waals surface area contributed by atoms with E-state index in [0.29, 0.717) is 11.7 Å². The fourth-order valence-corrected chi connectivity index (χ4v) is 6.21. The van der Waals surface area contributed by atoms with Crippen molar-refractivity contribution in [1.82, 2.24) is 19.6 Å². The third kappa shape index (κ3) is 5.91. The van der Waals surface area contributed by atoms with E-state index in [4.69, 9.17) is 4.74 Å². The molecule has 0 spiro atoms. The molecule has 1 aromatic carbocycles. The van der Waals surface area contributed by atoms with E-state index in [0.717, 1.165) is 39.0 Å². The highest BCUT2D eigenvalue weighted by atomic mass is 32.2. The Hall–Kier alpha value is -3.50. The van der Waals surface area contributed by atoms with Crippen molar-refractivity contribution in [1.29, 1.82) is 0 Å². The highest BCUT2D eigenvalue weighted by Gasteiger charge is 2.40. The van der Waals surface area contributed by atoms with Gasteiger partial charge in [0.2, 0.25) is 5.88 Å². The Balaban J connectivity index is 1.26. The van der Waals surface area contributed by atoms with Crippen molar-refractivity contribution in [3.8, 4) is 5.88 Å². The molecule has 2 atom stereocenters. The predicted molar refractivity (Wildman–Crippen MR) is 149 cm³/mol. The van der Waals surface area contributed by atoms with Gasteiger partial charge in [-0.1, -0.05) is 43.3 Å². The number of carbonyl (C=O) groups is 1. The van der Waals surface area contributed by atoms with Crippen LogP contribution in [0.2, 0.25) is 0 Å². The molecule has 0 aliphatic carbocycles. The van der Waals surface area contributed by atoms with Gasteiger partial charge in [0.15, 0.2) is 5.03 Å². The van der Waals surface area contributed by atoms with Crippen molar-refractivity contribution in [2.75, 3.05) is 24.5 Å². The molecule has 1 N–H and O–H groups in total. The third-order valence-corrected chi connectivity index (χ3v) is 9.17. The summed E-state index contributed by atoms with van der Waals surface area (Å²) in [6, 6.07) is 18.0. The number of benzene rings is 1. The molecule has 10 heteroatoms. The highest BCUT2D eigenvalue weighted by molar-refractivity contribution is 7.90. The van der Waals surface area contributed by atoms with Crippen LogP contribution in [0, 0.1) is 5.92 Å². The van der Waals surface area contributed by atoms with E-state index in [9.17, 15) is 13.2 Å². The van der Waals surface area contributed by atoms with Gasteiger partial charge in [-0.3, -0.25) is 9.69 Å². The second-order valence-corrected chi connectivity index (χ2v) is 12.5. The second kappa shape index (κ2) is 10.9. The molecular formula is C29H35N5O4S. The second-order valence-electron chi connectivity index (χ2n) is 10.9. The Labute approximate surface area is 230 Å². The zero-order valence-corrected chi connectivity index (χ0v) is 23.4. The molecule has 2 saturated heterocycles. The molecule has 4 heterocycles. The third-order valence-electron chi connectivity index (χ3n) is 7.94. The minimum absolute atomic E-state index is 0.0992. The minimum Gasteiger partial charge on any atom is -0.473 e. The summed E-state index contributed by atoms with van der Waals surface area (Å²) in [5.74, 6) is 0.350. The summed E-state index contributed by atoms with van der Waals surface area (Å²) in [5.41, 5.74) is 1.23. The van der Waals surface area contributed by atoms with Crippen LogP contribution in [-0.4, -0.2) is 60.5 Å². The van der Waals surface area contributed by atoms with E-state index in [2.05, 4.69) is 57.4 Å². The number of ether oxygens (including phenoxy) is 1. The lowest BCUT2D eigenvalue weighted by molar-refractivity contribution is 0.0981. The van der Waals surface area contributed by atoms with Gasteiger partial charge in [0, 0.05) is 44.0 Å². The van der Waals surface area contributed by atoms with Crippen molar-refractivity contribution in [2.24, 2.45) is 5.92 Å². The molecule has 0 saturated carbocycles. The molecular weight excluding hydrogens is 514 g/mol. The number of hydrogen-bond acceptors (Lipinski definition) is 8. The first-order chi connectivity index (χ1) is 18.6. The van der Waals surface area contributed by atoms with Gasteiger partial charge >= 0.3 is 0 Å². The summed E-state index contributed by atoms with van der Waals surface area (Å²) in [7, 11) is -4.24. The van der Waals surface area contributed by atoms with E-state index < -0.39 is 15.9 Å². The Morgan fingerprint density at radius 1 is 1.05 bits per heavy atom. The van der Waals surface area contributed by atoms with Crippen molar-refractivity contribution >= 4 is 21.7 Å². The Morgan fingerprint density at radius 3 is 2.59 bits per heavy atom. The van der Waals surface area contributed by atoms with Crippen LogP contribution in [0.1, 0.15) is 49.5 Å². The van der Waals surface area contributed by atoms with Crippen LogP contribution in [0.25, 0.3) is 0 Å². The summed E-state index contributed by atoms with van der Waals surface area (Å²) in [6.45, 7) is 9.56. The van der Waals surface area contributed by atoms with Gasteiger partial charge < -0.3 is 9.64 Å². The number of nitrogens with zero attached hydrogens (tertiary/aromatic N) is 4. The fourth-order valence-electron chi connectivity index (χ4n) is 5.29. The number of anilines is 1. The van der Waals surface area contributed by atoms with Crippen molar-refractivity contribution in [2.45, 2.75) is 56.8 Å². The zero-order chi connectivity index (χ0) is 27.6. The van der Waals surface area contributed by atoms with Crippen LogP contribution in [0.5, 0.6) is 5.88 Å². The molecule has 39 heavy (non-hydrogen) atoms. The van der Waals surface area contributed by atoms with Crippen molar-refractivity contribution < 1.29 is 17.9 Å². The van der Waals surface area contributed by atoms with Crippen LogP contribution in [-0.2, 0) is 16.6 Å². The summed E-state index contributed by atoms with van der Waals surface area (Å²) < 4.78 is 34.6. The summed E-state index contributed by atoms with van der Waals surface area (Å²) >= 11 is 0. The van der Waals surface area contributed by atoms with Crippen LogP contribution in [0.3, 0.4) is 0 Å².